The van der Waals surface area contributed by atoms with Crippen LogP contribution in [0.3, 0.4) is 0 Å². The number of hydrogen-bond acceptors (Lipinski definition) is 4. The van der Waals surface area contributed by atoms with Crippen LogP contribution in [0.2, 0.25) is 0 Å². The van der Waals surface area contributed by atoms with E-state index in [4.69, 9.17) is 14.2 Å². The summed E-state index contributed by atoms with van der Waals surface area (Å²) in [5.74, 6) is 0. The number of rotatable bonds is 12. The summed E-state index contributed by atoms with van der Waals surface area (Å²) in [4.78, 5) is 0. The summed E-state index contributed by atoms with van der Waals surface area (Å²) in [6, 6.07) is 0.544. The molecule has 0 saturated carbocycles. The van der Waals surface area contributed by atoms with Crippen LogP contribution in [0.5, 0.6) is 0 Å². The average molecular weight is 233 g/mol. The van der Waals surface area contributed by atoms with Crippen LogP contribution in [0.4, 0.5) is 0 Å². The highest BCUT2D eigenvalue weighted by atomic mass is 16.5. The third-order valence-corrected chi connectivity index (χ3v) is 2.26. The fraction of sp³-hybridized carbons (Fsp3) is 1.00. The number of methoxy groups -OCH3 is 1. The highest BCUT2D eigenvalue weighted by Gasteiger charge is 1.98. The molecule has 0 aliphatic rings. The van der Waals surface area contributed by atoms with Crippen molar-refractivity contribution in [3.8, 4) is 0 Å². The van der Waals surface area contributed by atoms with Gasteiger partial charge < -0.3 is 19.5 Å². The van der Waals surface area contributed by atoms with Gasteiger partial charge in [-0.1, -0.05) is 6.92 Å². The number of hydrogen-bond donors (Lipinski definition) is 1. The molecule has 0 aliphatic carbocycles. The molecule has 1 atom stereocenters. The first kappa shape index (κ1) is 15.8. The van der Waals surface area contributed by atoms with Gasteiger partial charge in [-0.05, 0) is 26.3 Å². The molecule has 0 aromatic heterocycles. The van der Waals surface area contributed by atoms with Crippen LogP contribution in [0.25, 0.3) is 0 Å². The molecule has 4 nitrogen and oxygen atoms in total. The van der Waals surface area contributed by atoms with Crippen LogP contribution in [-0.2, 0) is 14.2 Å². The zero-order chi connectivity index (χ0) is 12.1. The molecule has 0 rings (SSSR count). The lowest BCUT2D eigenvalue weighted by Gasteiger charge is -2.12. The maximum absolute atomic E-state index is 5.51. The van der Waals surface area contributed by atoms with Crippen molar-refractivity contribution in [3.63, 3.8) is 0 Å². The van der Waals surface area contributed by atoms with E-state index in [-0.39, 0.29) is 0 Å². The van der Waals surface area contributed by atoms with Gasteiger partial charge in [0.15, 0.2) is 0 Å². The van der Waals surface area contributed by atoms with Gasteiger partial charge >= 0.3 is 0 Å². The minimum atomic E-state index is 0.544. The van der Waals surface area contributed by atoms with E-state index in [0.29, 0.717) is 19.3 Å². The topological polar surface area (TPSA) is 39.7 Å². The van der Waals surface area contributed by atoms with E-state index in [9.17, 15) is 0 Å². The zero-order valence-corrected chi connectivity index (χ0v) is 11.0. The molecular formula is C12H27NO3. The lowest BCUT2D eigenvalue weighted by atomic mass is 10.2. The second kappa shape index (κ2) is 12.9. The fourth-order valence-corrected chi connectivity index (χ4v) is 1.32. The molecule has 0 fully saturated rings. The number of ether oxygens (including phenoxy) is 3. The van der Waals surface area contributed by atoms with Gasteiger partial charge in [0, 0.05) is 33.0 Å². The van der Waals surface area contributed by atoms with Crippen LogP contribution >= 0.6 is 0 Å². The van der Waals surface area contributed by atoms with E-state index in [0.717, 1.165) is 39.2 Å². The molecule has 0 heterocycles. The Labute approximate surface area is 99.6 Å². The van der Waals surface area contributed by atoms with Crippen molar-refractivity contribution in [2.75, 3.05) is 46.7 Å². The predicted octanol–water partition coefficient (Wildman–Crippen LogP) is 1.44. The van der Waals surface area contributed by atoms with E-state index in [1.165, 1.54) is 0 Å². The van der Waals surface area contributed by atoms with Crippen LogP contribution in [0.15, 0.2) is 0 Å². The molecule has 0 saturated heterocycles. The summed E-state index contributed by atoms with van der Waals surface area (Å²) in [6.45, 7) is 9.03. The van der Waals surface area contributed by atoms with Crippen molar-refractivity contribution in [2.45, 2.75) is 32.7 Å². The summed E-state index contributed by atoms with van der Waals surface area (Å²) in [5, 5.41) is 3.35. The minimum absolute atomic E-state index is 0.544. The first-order valence-corrected chi connectivity index (χ1v) is 6.19. The van der Waals surface area contributed by atoms with E-state index < -0.39 is 0 Å². The summed E-state index contributed by atoms with van der Waals surface area (Å²) in [5.41, 5.74) is 0. The molecule has 4 heteroatoms. The monoisotopic (exact) mass is 233 g/mol. The second-order valence-corrected chi connectivity index (χ2v) is 3.82. The molecule has 0 radical (unpaired) electrons. The molecule has 98 valence electrons. The first-order valence-electron chi connectivity index (χ1n) is 6.19. The minimum Gasteiger partial charge on any atom is -0.382 e. The largest absolute Gasteiger partial charge is 0.382 e. The molecule has 0 aromatic rings. The molecule has 1 N–H and O–H groups in total. The first-order chi connectivity index (χ1) is 7.81. The maximum atomic E-state index is 5.51. The Bertz CT molecular complexity index is 133. The van der Waals surface area contributed by atoms with Crippen molar-refractivity contribution >= 4 is 0 Å². The van der Waals surface area contributed by atoms with Gasteiger partial charge in [0.1, 0.15) is 0 Å². The standard InChI is InChI=1S/C12H27NO3/c1-4-13-12(2)6-9-15-7-5-8-16-11-10-14-3/h12-13H,4-11H2,1-3H3. The molecule has 0 amide bonds. The Morgan fingerprint density at radius 1 is 1.00 bits per heavy atom. The van der Waals surface area contributed by atoms with Crippen molar-refractivity contribution in [1.29, 1.82) is 0 Å². The van der Waals surface area contributed by atoms with E-state index in [1.807, 2.05) is 0 Å². The van der Waals surface area contributed by atoms with Crippen molar-refractivity contribution in [3.05, 3.63) is 0 Å². The molecule has 0 spiro atoms. The Morgan fingerprint density at radius 2 is 1.69 bits per heavy atom. The molecule has 16 heavy (non-hydrogen) atoms. The SMILES string of the molecule is CCNC(C)CCOCCCOCCOC. The smallest absolute Gasteiger partial charge is 0.0700 e. The van der Waals surface area contributed by atoms with Crippen LogP contribution < -0.4 is 5.32 Å². The van der Waals surface area contributed by atoms with E-state index in [2.05, 4.69) is 19.2 Å². The van der Waals surface area contributed by atoms with Gasteiger partial charge in [-0.3, -0.25) is 0 Å². The highest BCUT2D eigenvalue weighted by molar-refractivity contribution is 4.57. The van der Waals surface area contributed by atoms with Crippen molar-refractivity contribution < 1.29 is 14.2 Å². The van der Waals surface area contributed by atoms with Gasteiger partial charge in [-0.2, -0.15) is 0 Å². The van der Waals surface area contributed by atoms with Crippen molar-refractivity contribution in [2.24, 2.45) is 0 Å². The maximum Gasteiger partial charge on any atom is 0.0700 e. The normalized spacial score (nSPS) is 12.9. The van der Waals surface area contributed by atoms with Gasteiger partial charge in [-0.15, -0.1) is 0 Å². The molecule has 1 unspecified atom stereocenters. The van der Waals surface area contributed by atoms with Gasteiger partial charge in [0.25, 0.3) is 0 Å². The highest BCUT2D eigenvalue weighted by Crippen LogP contribution is 1.92. The van der Waals surface area contributed by atoms with Gasteiger partial charge in [0.2, 0.25) is 0 Å². The number of nitrogens with one attached hydrogen (secondary N) is 1. The zero-order valence-electron chi connectivity index (χ0n) is 11.0. The Balaban J connectivity index is 2.98. The van der Waals surface area contributed by atoms with Crippen LogP contribution in [-0.4, -0.2) is 52.7 Å². The molecule has 0 bridgehead atoms. The van der Waals surface area contributed by atoms with Gasteiger partial charge in [-0.25, -0.2) is 0 Å². The third-order valence-electron chi connectivity index (χ3n) is 2.26. The van der Waals surface area contributed by atoms with Crippen LogP contribution in [0.1, 0.15) is 26.7 Å². The molecular weight excluding hydrogens is 206 g/mol. The van der Waals surface area contributed by atoms with Crippen LogP contribution in [0, 0.1) is 0 Å². The predicted molar refractivity (Wildman–Crippen MR) is 65.9 cm³/mol. The molecule has 0 aromatic carbocycles. The van der Waals surface area contributed by atoms with E-state index in [1.54, 1.807) is 7.11 Å². The Hall–Kier alpha value is -0.160. The third kappa shape index (κ3) is 11.9. The summed E-state index contributed by atoms with van der Waals surface area (Å²) in [6.07, 6.45) is 2.03. The second-order valence-electron chi connectivity index (χ2n) is 3.82. The van der Waals surface area contributed by atoms with E-state index >= 15 is 0 Å². The Morgan fingerprint density at radius 3 is 2.31 bits per heavy atom. The van der Waals surface area contributed by atoms with Gasteiger partial charge in [0.05, 0.1) is 13.2 Å². The van der Waals surface area contributed by atoms with Crippen molar-refractivity contribution in [1.82, 2.24) is 5.32 Å². The molecule has 0 aliphatic heterocycles. The lowest BCUT2D eigenvalue weighted by molar-refractivity contribution is 0.0502. The lowest BCUT2D eigenvalue weighted by Crippen LogP contribution is -2.26. The Kier molecular flexibility index (Phi) is 12.8. The summed E-state index contributed by atoms with van der Waals surface area (Å²) in [7, 11) is 1.68. The fourth-order valence-electron chi connectivity index (χ4n) is 1.32. The average Bonchev–Trinajstić information content (AvgIpc) is 2.27. The summed E-state index contributed by atoms with van der Waals surface area (Å²) >= 11 is 0. The summed E-state index contributed by atoms with van der Waals surface area (Å²) < 4.78 is 15.7. The quantitative estimate of drug-likeness (QED) is 0.518.